The fourth-order valence-electron chi connectivity index (χ4n) is 4.75. The van der Waals surface area contributed by atoms with Crippen LogP contribution >= 0.6 is 0 Å². The van der Waals surface area contributed by atoms with E-state index < -0.39 is 0 Å². The van der Waals surface area contributed by atoms with E-state index >= 15 is 0 Å². The Morgan fingerprint density at radius 1 is 1.10 bits per heavy atom. The predicted octanol–water partition coefficient (Wildman–Crippen LogP) is 3.52. The molecule has 0 aromatic carbocycles. The molecule has 3 rings (SSSR count). The van der Waals surface area contributed by atoms with E-state index in [0.717, 1.165) is 32.1 Å². The molecule has 2 saturated carbocycles. The fourth-order valence-corrected chi connectivity index (χ4v) is 4.75. The van der Waals surface area contributed by atoms with E-state index in [0.29, 0.717) is 23.7 Å². The quantitative estimate of drug-likeness (QED) is 0.761. The van der Waals surface area contributed by atoms with Crippen LogP contribution in [-0.2, 0) is 9.47 Å². The summed E-state index contributed by atoms with van der Waals surface area (Å²) < 4.78 is 12.0. The molecule has 3 fully saturated rings. The largest absolute Gasteiger partial charge is 0.378 e. The van der Waals surface area contributed by atoms with Crippen molar-refractivity contribution < 1.29 is 9.47 Å². The molecular weight excluding hydrogens is 262 g/mol. The highest BCUT2D eigenvalue weighted by Crippen LogP contribution is 2.51. The summed E-state index contributed by atoms with van der Waals surface area (Å²) >= 11 is 0. The number of rotatable bonds is 6. The van der Waals surface area contributed by atoms with Crippen molar-refractivity contribution in [2.75, 3.05) is 19.8 Å². The lowest BCUT2D eigenvalue weighted by atomic mass is 9.55. The summed E-state index contributed by atoms with van der Waals surface area (Å²) in [6.07, 6.45) is 11.4. The van der Waals surface area contributed by atoms with Crippen molar-refractivity contribution in [3.8, 4) is 0 Å². The number of hydrogen-bond donors (Lipinski definition) is 1. The van der Waals surface area contributed by atoms with Crippen molar-refractivity contribution in [3.63, 3.8) is 0 Å². The average molecular weight is 295 g/mol. The smallest absolute Gasteiger partial charge is 0.0684 e. The Balaban J connectivity index is 1.32. The van der Waals surface area contributed by atoms with Gasteiger partial charge in [-0.15, -0.1) is 0 Å². The van der Waals surface area contributed by atoms with Gasteiger partial charge < -0.3 is 14.8 Å². The molecule has 3 aliphatic rings. The van der Waals surface area contributed by atoms with Gasteiger partial charge >= 0.3 is 0 Å². The second kappa shape index (κ2) is 6.97. The van der Waals surface area contributed by atoms with E-state index in [1.54, 1.807) is 0 Å². The molecule has 1 N–H and O–H groups in total. The summed E-state index contributed by atoms with van der Waals surface area (Å²) in [6, 6.07) is 0.637. The maximum absolute atomic E-state index is 6.01. The second-order valence-corrected chi connectivity index (χ2v) is 7.83. The zero-order valence-corrected chi connectivity index (χ0v) is 13.9. The minimum absolute atomic E-state index is 0.301. The minimum atomic E-state index is 0.301. The van der Waals surface area contributed by atoms with Crippen molar-refractivity contribution in [2.45, 2.75) is 83.5 Å². The van der Waals surface area contributed by atoms with Gasteiger partial charge in [-0.2, -0.15) is 0 Å². The Hall–Kier alpha value is -0.120. The highest BCUT2D eigenvalue weighted by atomic mass is 16.5. The van der Waals surface area contributed by atoms with Crippen molar-refractivity contribution >= 4 is 0 Å². The Bertz CT molecular complexity index is 325. The third kappa shape index (κ3) is 3.46. The van der Waals surface area contributed by atoms with E-state index in [4.69, 9.17) is 9.47 Å². The zero-order chi connectivity index (χ0) is 14.7. The van der Waals surface area contributed by atoms with Crippen LogP contribution in [0.15, 0.2) is 0 Å². The Morgan fingerprint density at radius 3 is 2.71 bits per heavy atom. The van der Waals surface area contributed by atoms with Crippen LogP contribution in [0.1, 0.15) is 65.2 Å². The minimum Gasteiger partial charge on any atom is -0.378 e. The molecule has 0 amide bonds. The van der Waals surface area contributed by atoms with Crippen LogP contribution in [-0.4, -0.2) is 38.0 Å². The van der Waals surface area contributed by atoms with Crippen LogP contribution in [0.2, 0.25) is 0 Å². The normalized spacial score (nSPS) is 36.0. The van der Waals surface area contributed by atoms with Crippen molar-refractivity contribution in [1.29, 1.82) is 0 Å². The average Bonchev–Trinajstić information content (AvgIpc) is 2.51. The first kappa shape index (κ1) is 15.8. The van der Waals surface area contributed by atoms with E-state index in [9.17, 15) is 0 Å². The highest BCUT2D eigenvalue weighted by molar-refractivity contribution is 5.10. The van der Waals surface area contributed by atoms with Gasteiger partial charge in [0.15, 0.2) is 0 Å². The molecule has 0 spiro atoms. The van der Waals surface area contributed by atoms with E-state index in [2.05, 4.69) is 19.2 Å². The molecule has 1 aliphatic heterocycles. The van der Waals surface area contributed by atoms with Gasteiger partial charge in [0.1, 0.15) is 0 Å². The Kier molecular flexibility index (Phi) is 5.23. The summed E-state index contributed by atoms with van der Waals surface area (Å²) in [4.78, 5) is 0. The van der Waals surface area contributed by atoms with Crippen LogP contribution in [0, 0.1) is 11.3 Å². The van der Waals surface area contributed by atoms with Crippen LogP contribution in [0.4, 0.5) is 0 Å². The second-order valence-electron chi connectivity index (χ2n) is 7.83. The lowest BCUT2D eigenvalue weighted by Gasteiger charge is -2.60. The molecule has 1 heterocycles. The lowest BCUT2D eigenvalue weighted by molar-refractivity contribution is -0.192. The standard InChI is InChI=1S/C18H33NO2/c1-18(2)16(15-10-6-12-21-17(15)18)19-11-7-13-20-14-8-4-3-5-9-14/h14-17,19H,3-13H2,1-2H3. The number of fused-ring (bicyclic) bond motifs is 1. The van der Waals surface area contributed by atoms with Gasteiger partial charge in [-0.05, 0) is 38.6 Å². The third-order valence-electron chi connectivity index (χ3n) is 5.92. The molecule has 2 aliphatic carbocycles. The van der Waals surface area contributed by atoms with Gasteiger partial charge in [0.05, 0.1) is 12.2 Å². The highest BCUT2D eigenvalue weighted by Gasteiger charge is 2.57. The van der Waals surface area contributed by atoms with Gasteiger partial charge in [0.25, 0.3) is 0 Å². The molecule has 1 saturated heterocycles. The van der Waals surface area contributed by atoms with Crippen molar-refractivity contribution in [1.82, 2.24) is 5.32 Å². The molecule has 0 radical (unpaired) electrons. The molecule has 122 valence electrons. The predicted molar refractivity (Wildman–Crippen MR) is 85.5 cm³/mol. The summed E-state index contributed by atoms with van der Waals surface area (Å²) in [6.45, 7) is 7.69. The molecule has 3 atom stereocenters. The van der Waals surface area contributed by atoms with Gasteiger partial charge in [0.2, 0.25) is 0 Å². The molecule has 0 aromatic heterocycles. The Morgan fingerprint density at radius 2 is 1.90 bits per heavy atom. The van der Waals surface area contributed by atoms with Crippen LogP contribution < -0.4 is 5.32 Å². The SMILES string of the molecule is CC1(C)C(NCCCOC2CCCCC2)C2CCCOC21. The summed E-state index contributed by atoms with van der Waals surface area (Å²) in [5.41, 5.74) is 0.301. The first-order chi connectivity index (χ1) is 10.2. The molecule has 0 bridgehead atoms. The first-order valence-electron chi connectivity index (χ1n) is 9.16. The van der Waals surface area contributed by atoms with Gasteiger partial charge in [-0.1, -0.05) is 33.1 Å². The number of hydrogen-bond acceptors (Lipinski definition) is 3. The molecule has 3 heteroatoms. The summed E-state index contributed by atoms with van der Waals surface area (Å²) in [5, 5.41) is 3.79. The third-order valence-corrected chi connectivity index (χ3v) is 5.92. The number of ether oxygens (including phenoxy) is 2. The summed E-state index contributed by atoms with van der Waals surface area (Å²) in [7, 11) is 0. The molecular formula is C18H33NO2. The maximum atomic E-state index is 6.01. The lowest BCUT2D eigenvalue weighted by Crippen LogP contribution is -2.69. The molecule has 3 unspecified atom stereocenters. The van der Waals surface area contributed by atoms with Crippen LogP contribution in [0.25, 0.3) is 0 Å². The van der Waals surface area contributed by atoms with Gasteiger partial charge in [-0.3, -0.25) is 0 Å². The van der Waals surface area contributed by atoms with E-state index in [1.807, 2.05) is 0 Å². The Labute approximate surface area is 130 Å². The van der Waals surface area contributed by atoms with E-state index in [1.165, 1.54) is 44.9 Å². The first-order valence-corrected chi connectivity index (χ1v) is 9.16. The van der Waals surface area contributed by atoms with Crippen molar-refractivity contribution in [2.24, 2.45) is 11.3 Å². The molecule has 0 aromatic rings. The topological polar surface area (TPSA) is 30.5 Å². The van der Waals surface area contributed by atoms with E-state index in [-0.39, 0.29) is 0 Å². The van der Waals surface area contributed by atoms with Gasteiger partial charge in [-0.25, -0.2) is 0 Å². The number of nitrogens with one attached hydrogen (secondary N) is 1. The fraction of sp³-hybridized carbons (Fsp3) is 1.00. The monoisotopic (exact) mass is 295 g/mol. The van der Waals surface area contributed by atoms with Gasteiger partial charge in [0, 0.05) is 30.6 Å². The maximum Gasteiger partial charge on any atom is 0.0684 e. The summed E-state index contributed by atoms with van der Waals surface area (Å²) in [5.74, 6) is 0.744. The zero-order valence-electron chi connectivity index (χ0n) is 13.9. The molecule has 21 heavy (non-hydrogen) atoms. The van der Waals surface area contributed by atoms with Crippen LogP contribution in [0.3, 0.4) is 0 Å². The van der Waals surface area contributed by atoms with Crippen LogP contribution in [0.5, 0.6) is 0 Å². The van der Waals surface area contributed by atoms with Crippen molar-refractivity contribution in [3.05, 3.63) is 0 Å². The molecule has 3 nitrogen and oxygen atoms in total.